The second-order valence-corrected chi connectivity index (χ2v) is 8.35. The molecule has 128 valence electrons. The molecule has 25 heavy (non-hydrogen) atoms. The molecule has 0 N–H and O–H groups in total. The lowest BCUT2D eigenvalue weighted by Crippen LogP contribution is -2.38. The Balaban J connectivity index is 1.39. The minimum atomic E-state index is -0.538. The van der Waals surface area contributed by atoms with E-state index in [9.17, 15) is 9.59 Å². The first-order valence-electron chi connectivity index (χ1n) is 7.80. The maximum absolute atomic E-state index is 12.4. The summed E-state index contributed by atoms with van der Waals surface area (Å²) < 4.78 is 6.19. The molecule has 4 rings (SSSR count). The minimum absolute atomic E-state index is 0.183. The van der Waals surface area contributed by atoms with Gasteiger partial charge in [-0.05, 0) is 29.0 Å². The first kappa shape index (κ1) is 16.6. The van der Waals surface area contributed by atoms with E-state index in [0.717, 1.165) is 21.4 Å². The largest absolute Gasteiger partial charge is 0.451 e. The molecule has 3 heterocycles. The van der Waals surface area contributed by atoms with Crippen molar-refractivity contribution in [1.29, 1.82) is 0 Å². The zero-order valence-corrected chi connectivity index (χ0v) is 15.5. The van der Waals surface area contributed by atoms with Gasteiger partial charge in [0.25, 0.3) is 5.91 Å². The van der Waals surface area contributed by atoms with Crippen molar-refractivity contribution in [3.05, 3.63) is 56.7 Å². The monoisotopic (exact) mass is 391 g/mol. The van der Waals surface area contributed by atoms with E-state index in [2.05, 4.69) is 6.07 Å². The summed E-state index contributed by atoms with van der Waals surface area (Å²) in [6.07, 6.45) is 0.822. The number of halogens is 1. The summed E-state index contributed by atoms with van der Waals surface area (Å²) in [7, 11) is 0. The summed E-state index contributed by atoms with van der Waals surface area (Å²) in [6, 6.07) is 9.97. The Labute approximate surface area is 157 Å². The highest BCUT2D eigenvalue weighted by molar-refractivity contribution is 7.38. The molecule has 0 aliphatic carbocycles. The summed E-state index contributed by atoms with van der Waals surface area (Å²) in [5.41, 5.74) is 2.42. The minimum Gasteiger partial charge on any atom is -0.451 e. The van der Waals surface area contributed by atoms with Gasteiger partial charge in [0, 0.05) is 18.5 Å². The summed E-state index contributed by atoms with van der Waals surface area (Å²) in [5, 5.41) is 3.20. The first-order valence-corrected chi connectivity index (χ1v) is 9.88. The van der Waals surface area contributed by atoms with Gasteiger partial charge in [-0.2, -0.15) is 0 Å². The van der Waals surface area contributed by atoms with Crippen molar-refractivity contribution in [3.8, 4) is 0 Å². The zero-order chi connectivity index (χ0) is 17.4. The highest BCUT2D eigenvalue weighted by Crippen LogP contribution is 2.38. The second-order valence-electron chi connectivity index (χ2n) is 5.78. The number of fused-ring (bicyclic) bond motifs is 2. The van der Waals surface area contributed by atoms with Crippen LogP contribution in [-0.2, 0) is 22.5 Å². The molecule has 1 amide bonds. The molecule has 2 aromatic heterocycles. The molecule has 0 spiro atoms. The topological polar surface area (TPSA) is 46.6 Å². The van der Waals surface area contributed by atoms with Gasteiger partial charge in [-0.15, -0.1) is 22.7 Å². The van der Waals surface area contributed by atoms with Crippen LogP contribution in [0.2, 0.25) is 5.02 Å². The predicted molar refractivity (Wildman–Crippen MR) is 101 cm³/mol. The molecule has 0 unspecified atom stereocenters. The van der Waals surface area contributed by atoms with E-state index < -0.39 is 5.97 Å². The van der Waals surface area contributed by atoms with Crippen molar-refractivity contribution in [2.75, 3.05) is 13.2 Å². The molecule has 1 aliphatic rings. The number of ether oxygens (including phenoxy) is 1. The summed E-state index contributed by atoms with van der Waals surface area (Å²) in [6.45, 7) is 0.938. The van der Waals surface area contributed by atoms with Crippen LogP contribution in [0.1, 0.15) is 20.8 Å². The van der Waals surface area contributed by atoms with Gasteiger partial charge in [0.15, 0.2) is 6.61 Å². The van der Waals surface area contributed by atoms with Crippen LogP contribution in [0.15, 0.2) is 35.7 Å². The summed E-state index contributed by atoms with van der Waals surface area (Å²) in [4.78, 5) is 26.7. The Kier molecular flexibility index (Phi) is 4.50. The van der Waals surface area contributed by atoms with Crippen LogP contribution in [0, 0.1) is 0 Å². The van der Waals surface area contributed by atoms with Crippen LogP contribution < -0.4 is 0 Å². The smallest absolute Gasteiger partial charge is 0.350 e. The summed E-state index contributed by atoms with van der Waals surface area (Å²) >= 11 is 9.07. The van der Waals surface area contributed by atoms with E-state index in [0.29, 0.717) is 23.0 Å². The average Bonchev–Trinajstić information content (AvgIpc) is 3.22. The lowest BCUT2D eigenvalue weighted by Gasteiger charge is -2.28. The molecule has 0 fully saturated rings. The number of esters is 1. The Morgan fingerprint density at radius 1 is 1.20 bits per heavy atom. The highest BCUT2D eigenvalue weighted by Gasteiger charge is 2.23. The normalized spacial score (nSPS) is 13.7. The quantitative estimate of drug-likeness (QED) is 0.623. The molecule has 3 aromatic rings. The third kappa shape index (κ3) is 3.17. The van der Waals surface area contributed by atoms with Crippen molar-refractivity contribution in [2.45, 2.75) is 13.0 Å². The van der Waals surface area contributed by atoms with Crippen LogP contribution in [-0.4, -0.2) is 29.9 Å². The van der Waals surface area contributed by atoms with Gasteiger partial charge in [-0.25, -0.2) is 4.79 Å². The van der Waals surface area contributed by atoms with Gasteiger partial charge in [-0.1, -0.05) is 35.9 Å². The Hall–Kier alpha value is -1.89. The molecule has 0 bridgehead atoms. The number of amides is 1. The fourth-order valence-electron chi connectivity index (χ4n) is 2.92. The molecule has 0 atom stereocenters. The van der Waals surface area contributed by atoms with E-state index in [1.165, 1.54) is 28.2 Å². The molecule has 0 saturated heterocycles. The Morgan fingerprint density at radius 2 is 2.00 bits per heavy atom. The number of carbonyl (C=O) groups excluding carboxylic acids is 2. The van der Waals surface area contributed by atoms with Crippen molar-refractivity contribution < 1.29 is 14.3 Å². The van der Waals surface area contributed by atoms with Crippen LogP contribution in [0.5, 0.6) is 0 Å². The first-order chi connectivity index (χ1) is 12.1. The van der Waals surface area contributed by atoms with Crippen LogP contribution in [0.25, 0.3) is 9.40 Å². The third-order valence-corrected chi connectivity index (χ3v) is 6.99. The molecular weight excluding hydrogens is 378 g/mol. The number of hydrogen-bond donors (Lipinski definition) is 0. The number of nitrogens with zero attached hydrogens (tertiary/aromatic N) is 1. The molecule has 7 heteroatoms. The second kappa shape index (κ2) is 6.78. The van der Waals surface area contributed by atoms with Crippen molar-refractivity contribution in [3.63, 3.8) is 0 Å². The van der Waals surface area contributed by atoms with E-state index in [1.807, 2.05) is 29.6 Å². The fraction of sp³-hybridized carbons (Fsp3) is 0.222. The van der Waals surface area contributed by atoms with Crippen LogP contribution >= 0.6 is 34.3 Å². The van der Waals surface area contributed by atoms with E-state index in [4.69, 9.17) is 16.3 Å². The molecule has 0 radical (unpaired) electrons. The molecule has 1 aliphatic heterocycles. The average molecular weight is 392 g/mol. The SMILES string of the molecule is O=C(OCC(=O)N1CCc2ccccc2C1)c1sc2sccc2c1Cl. The maximum atomic E-state index is 12.4. The standard InChI is InChI=1S/C18H14ClNO3S2/c19-15-13-6-8-24-18(13)25-16(15)17(22)23-10-14(21)20-7-5-11-3-1-2-4-12(11)9-20/h1-4,6,8H,5,7,9-10H2. The molecular formula is C18H14ClNO3S2. The van der Waals surface area contributed by atoms with Gasteiger partial charge >= 0.3 is 5.97 Å². The van der Waals surface area contributed by atoms with Crippen molar-refractivity contribution in [1.82, 2.24) is 4.90 Å². The van der Waals surface area contributed by atoms with Crippen LogP contribution in [0.3, 0.4) is 0 Å². The lowest BCUT2D eigenvalue weighted by molar-refractivity contribution is -0.135. The number of hydrogen-bond acceptors (Lipinski definition) is 5. The number of thiophene rings is 2. The Bertz CT molecular complexity index is 962. The summed E-state index contributed by atoms with van der Waals surface area (Å²) in [5.74, 6) is -0.721. The van der Waals surface area contributed by atoms with Gasteiger partial charge < -0.3 is 9.64 Å². The Morgan fingerprint density at radius 3 is 2.80 bits per heavy atom. The van der Waals surface area contributed by atoms with E-state index >= 15 is 0 Å². The van der Waals surface area contributed by atoms with Crippen molar-refractivity contribution >= 4 is 55.6 Å². The number of benzene rings is 1. The van der Waals surface area contributed by atoms with Gasteiger partial charge in [0.1, 0.15) is 4.88 Å². The van der Waals surface area contributed by atoms with E-state index in [1.54, 1.807) is 4.90 Å². The molecule has 4 nitrogen and oxygen atoms in total. The van der Waals surface area contributed by atoms with Gasteiger partial charge in [-0.3, -0.25) is 4.79 Å². The third-order valence-electron chi connectivity index (χ3n) is 4.26. The van der Waals surface area contributed by atoms with Crippen molar-refractivity contribution in [2.24, 2.45) is 0 Å². The maximum Gasteiger partial charge on any atom is 0.350 e. The van der Waals surface area contributed by atoms with Gasteiger partial charge in [0.05, 0.1) is 9.04 Å². The zero-order valence-electron chi connectivity index (χ0n) is 13.2. The molecule has 1 aromatic carbocycles. The predicted octanol–water partition coefficient (Wildman–Crippen LogP) is 4.36. The highest BCUT2D eigenvalue weighted by atomic mass is 35.5. The number of carbonyl (C=O) groups is 2. The van der Waals surface area contributed by atoms with Gasteiger partial charge in [0.2, 0.25) is 0 Å². The fourth-order valence-corrected chi connectivity index (χ4v) is 5.42. The van der Waals surface area contributed by atoms with E-state index in [-0.39, 0.29) is 12.5 Å². The van der Waals surface area contributed by atoms with Crippen LogP contribution in [0.4, 0.5) is 0 Å². The number of rotatable bonds is 3. The molecule has 0 saturated carbocycles. The lowest BCUT2D eigenvalue weighted by atomic mass is 10.00.